The molecule has 0 spiro atoms. The van der Waals surface area contributed by atoms with Gasteiger partial charge in [-0.2, -0.15) is 0 Å². The van der Waals surface area contributed by atoms with E-state index in [2.05, 4.69) is 0 Å². The molecule has 1 aliphatic rings. The lowest BCUT2D eigenvalue weighted by molar-refractivity contribution is -0.129. The molecule has 4 heteroatoms. The van der Waals surface area contributed by atoms with Gasteiger partial charge in [-0.15, -0.1) is 0 Å². The predicted octanol–water partition coefficient (Wildman–Crippen LogP) is 2.74. The van der Waals surface area contributed by atoms with Crippen molar-refractivity contribution in [3.63, 3.8) is 0 Å². The SMILES string of the molecule is O=C(Cc1coc2ccc(F)cc12)N1CCCC1. The Balaban J connectivity index is 1.85. The van der Waals surface area contributed by atoms with Crippen molar-refractivity contribution in [3.05, 3.63) is 35.8 Å². The Bertz CT molecular complexity index is 584. The molecule has 1 aliphatic heterocycles. The number of fused-ring (bicyclic) bond motifs is 1. The molecule has 3 nitrogen and oxygen atoms in total. The standard InChI is InChI=1S/C14H14FNO2/c15-11-3-4-13-12(8-11)10(9-18-13)7-14(17)16-5-1-2-6-16/h3-4,8-9H,1-2,5-7H2. The van der Waals surface area contributed by atoms with Gasteiger partial charge >= 0.3 is 0 Å². The summed E-state index contributed by atoms with van der Waals surface area (Å²) in [5.74, 6) is -0.210. The van der Waals surface area contributed by atoms with Gasteiger partial charge in [-0.25, -0.2) is 4.39 Å². The Labute approximate surface area is 104 Å². The maximum absolute atomic E-state index is 13.2. The number of rotatable bonds is 2. The Kier molecular flexibility index (Phi) is 2.78. The van der Waals surface area contributed by atoms with E-state index in [1.807, 2.05) is 4.90 Å². The van der Waals surface area contributed by atoms with Crippen molar-refractivity contribution in [2.24, 2.45) is 0 Å². The first-order chi connectivity index (χ1) is 8.74. The van der Waals surface area contributed by atoms with E-state index < -0.39 is 0 Å². The van der Waals surface area contributed by atoms with Gasteiger partial charge in [-0.05, 0) is 31.0 Å². The summed E-state index contributed by atoms with van der Waals surface area (Å²) in [5, 5.41) is 0.697. The van der Waals surface area contributed by atoms with Crippen LogP contribution in [0.25, 0.3) is 11.0 Å². The lowest BCUT2D eigenvalue weighted by Gasteiger charge is -2.14. The minimum atomic E-state index is -0.307. The van der Waals surface area contributed by atoms with Gasteiger partial charge in [-0.3, -0.25) is 4.79 Å². The lowest BCUT2D eigenvalue weighted by atomic mass is 10.1. The Hall–Kier alpha value is -1.84. The van der Waals surface area contributed by atoms with Gasteiger partial charge in [-0.1, -0.05) is 0 Å². The highest BCUT2D eigenvalue weighted by Gasteiger charge is 2.19. The van der Waals surface area contributed by atoms with Crippen LogP contribution < -0.4 is 0 Å². The fraction of sp³-hybridized carbons (Fsp3) is 0.357. The second-order valence-corrected chi connectivity index (χ2v) is 4.67. The van der Waals surface area contributed by atoms with Crippen molar-refractivity contribution in [1.29, 1.82) is 0 Å². The number of furan rings is 1. The van der Waals surface area contributed by atoms with E-state index >= 15 is 0 Å². The quantitative estimate of drug-likeness (QED) is 0.817. The zero-order valence-electron chi connectivity index (χ0n) is 9.99. The van der Waals surface area contributed by atoms with Crippen molar-refractivity contribution >= 4 is 16.9 Å². The van der Waals surface area contributed by atoms with Crippen LogP contribution in [0.4, 0.5) is 4.39 Å². The highest BCUT2D eigenvalue weighted by molar-refractivity contribution is 5.87. The normalized spacial score (nSPS) is 15.5. The van der Waals surface area contributed by atoms with E-state index in [-0.39, 0.29) is 18.1 Å². The van der Waals surface area contributed by atoms with Gasteiger partial charge in [0.2, 0.25) is 5.91 Å². The fourth-order valence-corrected chi connectivity index (χ4v) is 2.43. The molecule has 18 heavy (non-hydrogen) atoms. The van der Waals surface area contributed by atoms with E-state index in [9.17, 15) is 9.18 Å². The molecular formula is C14H14FNO2. The van der Waals surface area contributed by atoms with Crippen LogP contribution in [0.5, 0.6) is 0 Å². The zero-order chi connectivity index (χ0) is 12.5. The van der Waals surface area contributed by atoms with E-state index in [1.165, 1.54) is 12.1 Å². The van der Waals surface area contributed by atoms with Crippen LogP contribution in [0.2, 0.25) is 0 Å². The number of hydrogen-bond acceptors (Lipinski definition) is 2. The summed E-state index contributed by atoms with van der Waals surface area (Å²) < 4.78 is 18.5. The maximum atomic E-state index is 13.2. The molecule has 0 N–H and O–H groups in total. The monoisotopic (exact) mass is 247 g/mol. The van der Waals surface area contributed by atoms with Crippen LogP contribution in [-0.4, -0.2) is 23.9 Å². The summed E-state index contributed by atoms with van der Waals surface area (Å²) in [5.41, 5.74) is 1.39. The molecule has 94 valence electrons. The molecule has 0 atom stereocenters. The first-order valence-electron chi connectivity index (χ1n) is 6.17. The third kappa shape index (κ3) is 1.98. The summed E-state index contributed by atoms with van der Waals surface area (Å²) in [7, 11) is 0. The lowest BCUT2D eigenvalue weighted by Crippen LogP contribution is -2.28. The van der Waals surface area contributed by atoms with Crippen molar-refractivity contribution in [2.75, 3.05) is 13.1 Å². The van der Waals surface area contributed by atoms with E-state index in [0.717, 1.165) is 31.5 Å². The second-order valence-electron chi connectivity index (χ2n) is 4.67. The Morgan fingerprint density at radius 3 is 2.89 bits per heavy atom. The Morgan fingerprint density at radius 1 is 1.33 bits per heavy atom. The topological polar surface area (TPSA) is 33.5 Å². The van der Waals surface area contributed by atoms with Crippen molar-refractivity contribution < 1.29 is 13.6 Å². The molecule has 1 aromatic carbocycles. The zero-order valence-corrected chi connectivity index (χ0v) is 9.99. The number of amides is 1. The van der Waals surface area contributed by atoms with E-state index in [0.29, 0.717) is 11.0 Å². The maximum Gasteiger partial charge on any atom is 0.227 e. The van der Waals surface area contributed by atoms with Gasteiger partial charge < -0.3 is 9.32 Å². The molecule has 1 fully saturated rings. The molecule has 0 bridgehead atoms. The van der Waals surface area contributed by atoms with Crippen molar-refractivity contribution in [3.8, 4) is 0 Å². The summed E-state index contributed by atoms with van der Waals surface area (Å²) >= 11 is 0. The molecule has 2 heterocycles. The van der Waals surface area contributed by atoms with Crippen LogP contribution in [-0.2, 0) is 11.2 Å². The van der Waals surface area contributed by atoms with Gasteiger partial charge in [0.05, 0.1) is 12.7 Å². The van der Waals surface area contributed by atoms with Crippen LogP contribution in [0.1, 0.15) is 18.4 Å². The van der Waals surface area contributed by atoms with Gasteiger partial charge in [0.1, 0.15) is 11.4 Å². The van der Waals surface area contributed by atoms with Gasteiger partial charge in [0.25, 0.3) is 0 Å². The highest BCUT2D eigenvalue weighted by Crippen LogP contribution is 2.23. The number of likely N-dealkylation sites (tertiary alicyclic amines) is 1. The number of benzene rings is 1. The molecule has 0 aliphatic carbocycles. The fourth-order valence-electron chi connectivity index (χ4n) is 2.43. The average Bonchev–Trinajstić information content (AvgIpc) is 2.99. The van der Waals surface area contributed by atoms with Crippen LogP contribution in [0.15, 0.2) is 28.9 Å². The molecule has 3 rings (SSSR count). The smallest absolute Gasteiger partial charge is 0.227 e. The summed E-state index contributed by atoms with van der Waals surface area (Å²) in [4.78, 5) is 13.9. The molecule has 1 aromatic heterocycles. The molecular weight excluding hydrogens is 233 g/mol. The Morgan fingerprint density at radius 2 is 2.11 bits per heavy atom. The number of nitrogens with zero attached hydrogens (tertiary/aromatic N) is 1. The minimum absolute atomic E-state index is 0.0967. The summed E-state index contributed by atoms with van der Waals surface area (Å²) in [6, 6.07) is 4.37. The van der Waals surface area contributed by atoms with Crippen molar-refractivity contribution in [1.82, 2.24) is 4.90 Å². The number of carbonyl (C=O) groups excluding carboxylic acids is 1. The predicted molar refractivity (Wildman–Crippen MR) is 65.7 cm³/mol. The number of carbonyl (C=O) groups is 1. The molecule has 1 amide bonds. The second kappa shape index (κ2) is 4.44. The molecule has 1 saturated heterocycles. The summed E-state index contributed by atoms with van der Waals surface area (Å²) in [6.07, 6.45) is 3.99. The third-order valence-electron chi connectivity index (χ3n) is 3.42. The van der Waals surface area contributed by atoms with E-state index in [4.69, 9.17) is 4.42 Å². The number of halogens is 1. The van der Waals surface area contributed by atoms with Crippen LogP contribution >= 0.6 is 0 Å². The van der Waals surface area contributed by atoms with E-state index in [1.54, 1.807) is 12.3 Å². The first-order valence-corrected chi connectivity index (χ1v) is 6.17. The average molecular weight is 247 g/mol. The van der Waals surface area contributed by atoms with Crippen molar-refractivity contribution in [2.45, 2.75) is 19.3 Å². The minimum Gasteiger partial charge on any atom is -0.464 e. The van der Waals surface area contributed by atoms with Gasteiger partial charge in [0, 0.05) is 24.0 Å². The van der Waals surface area contributed by atoms with Gasteiger partial charge in [0.15, 0.2) is 0 Å². The van der Waals surface area contributed by atoms with Crippen LogP contribution in [0, 0.1) is 5.82 Å². The number of hydrogen-bond donors (Lipinski definition) is 0. The van der Waals surface area contributed by atoms with Crippen LogP contribution in [0.3, 0.4) is 0 Å². The molecule has 2 aromatic rings. The third-order valence-corrected chi connectivity index (χ3v) is 3.42. The molecule has 0 unspecified atom stereocenters. The highest BCUT2D eigenvalue weighted by atomic mass is 19.1. The summed E-state index contributed by atoms with van der Waals surface area (Å²) in [6.45, 7) is 1.67. The largest absolute Gasteiger partial charge is 0.464 e. The first kappa shape index (κ1) is 11.3. The molecule has 0 radical (unpaired) electrons. The molecule has 0 saturated carbocycles.